The molecule has 0 fully saturated rings. The summed E-state index contributed by atoms with van der Waals surface area (Å²) in [5, 5.41) is 27.9. The van der Waals surface area contributed by atoms with Crippen molar-refractivity contribution in [2.75, 3.05) is 7.11 Å². The molecule has 0 amide bonds. The molecule has 0 radical (unpaired) electrons. The second-order valence-corrected chi connectivity index (χ2v) is 4.51. The van der Waals surface area contributed by atoms with Gasteiger partial charge in [-0.25, -0.2) is 4.79 Å². The van der Waals surface area contributed by atoms with Gasteiger partial charge in [0.1, 0.15) is 11.8 Å². The Morgan fingerprint density at radius 1 is 1.30 bits per heavy atom. The number of methoxy groups -OCH3 is 1. The summed E-state index contributed by atoms with van der Waals surface area (Å²) in [6.45, 7) is 0. The van der Waals surface area contributed by atoms with E-state index in [4.69, 9.17) is 20.7 Å². The van der Waals surface area contributed by atoms with Gasteiger partial charge in [0.05, 0.1) is 7.11 Å². The standard InChI is InChI=1S/C13H17NO6/c1-20-9-4-2-8(3-5-9)6-13(19,12(17)18)7-10(14)11(15)16/h2-5,10,19H,6-7,14H2,1H3,(H,15,16)(H,17,18)/t10-,13-/m0/s1. The Morgan fingerprint density at radius 2 is 1.85 bits per heavy atom. The minimum atomic E-state index is -2.23. The molecule has 1 aromatic rings. The van der Waals surface area contributed by atoms with Crippen molar-refractivity contribution < 1.29 is 29.6 Å². The van der Waals surface area contributed by atoms with Crippen LogP contribution in [0.3, 0.4) is 0 Å². The van der Waals surface area contributed by atoms with Crippen LogP contribution in [0.4, 0.5) is 0 Å². The molecule has 0 bridgehead atoms. The monoisotopic (exact) mass is 283 g/mol. The molecule has 0 unspecified atom stereocenters. The molecular weight excluding hydrogens is 266 g/mol. The number of hydrogen-bond acceptors (Lipinski definition) is 5. The largest absolute Gasteiger partial charge is 0.497 e. The van der Waals surface area contributed by atoms with Crippen LogP contribution in [-0.2, 0) is 16.0 Å². The molecule has 110 valence electrons. The summed E-state index contributed by atoms with van der Waals surface area (Å²) in [7, 11) is 1.49. The van der Waals surface area contributed by atoms with Crippen molar-refractivity contribution in [1.82, 2.24) is 0 Å². The second kappa shape index (κ2) is 6.36. The number of carboxylic acids is 2. The van der Waals surface area contributed by atoms with Gasteiger partial charge in [-0.05, 0) is 17.7 Å². The number of nitrogens with two attached hydrogens (primary N) is 1. The van der Waals surface area contributed by atoms with Gasteiger partial charge < -0.3 is 25.8 Å². The van der Waals surface area contributed by atoms with Crippen LogP contribution in [0.5, 0.6) is 5.75 Å². The van der Waals surface area contributed by atoms with Crippen LogP contribution in [0.1, 0.15) is 12.0 Å². The van der Waals surface area contributed by atoms with Gasteiger partial charge in [-0.2, -0.15) is 0 Å². The van der Waals surface area contributed by atoms with E-state index in [1.807, 2.05) is 0 Å². The highest BCUT2D eigenvalue weighted by Crippen LogP contribution is 2.21. The molecule has 0 saturated carbocycles. The number of rotatable bonds is 7. The molecule has 0 aromatic heterocycles. The van der Waals surface area contributed by atoms with Crippen molar-refractivity contribution in [3.8, 4) is 5.75 Å². The van der Waals surface area contributed by atoms with E-state index in [-0.39, 0.29) is 6.42 Å². The Kier molecular flexibility index (Phi) is 5.06. The maximum absolute atomic E-state index is 11.2. The summed E-state index contributed by atoms with van der Waals surface area (Å²) in [6, 6.07) is 4.98. The number of benzene rings is 1. The Morgan fingerprint density at radius 3 is 2.25 bits per heavy atom. The molecule has 7 nitrogen and oxygen atoms in total. The predicted octanol–water partition coefficient (Wildman–Crippen LogP) is -0.145. The zero-order valence-electron chi connectivity index (χ0n) is 10.9. The van der Waals surface area contributed by atoms with Gasteiger partial charge in [-0.1, -0.05) is 12.1 Å². The lowest BCUT2D eigenvalue weighted by Gasteiger charge is -2.25. The topological polar surface area (TPSA) is 130 Å². The number of aliphatic hydroxyl groups is 1. The lowest BCUT2D eigenvalue weighted by atomic mass is 9.88. The molecule has 0 heterocycles. The molecule has 2 atom stereocenters. The molecule has 0 saturated heterocycles. The zero-order valence-corrected chi connectivity index (χ0v) is 10.9. The Bertz CT molecular complexity index is 486. The van der Waals surface area contributed by atoms with E-state index in [0.717, 1.165) is 0 Å². The summed E-state index contributed by atoms with van der Waals surface area (Å²) in [4.78, 5) is 21.9. The van der Waals surface area contributed by atoms with Crippen molar-refractivity contribution in [3.63, 3.8) is 0 Å². The average Bonchev–Trinajstić information content (AvgIpc) is 2.39. The lowest BCUT2D eigenvalue weighted by molar-refractivity contribution is -0.160. The zero-order chi connectivity index (χ0) is 15.3. The molecule has 20 heavy (non-hydrogen) atoms. The van der Waals surface area contributed by atoms with Crippen LogP contribution >= 0.6 is 0 Å². The van der Waals surface area contributed by atoms with Crippen LogP contribution < -0.4 is 10.5 Å². The van der Waals surface area contributed by atoms with Crippen molar-refractivity contribution in [2.24, 2.45) is 5.73 Å². The van der Waals surface area contributed by atoms with E-state index in [9.17, 15) is 14.7 Å². The van der Waals surface area contributed by atoms with Crippen molar-refractivity contribution in [2.45, 2.75) is 24.5 Å². The van der Waals surface area contributed by atoms with Crippen LogP contribution in [0.2, 0.25) is 0 Å². The van der Waals surface area contributed by atoms with Gasteiger partial charge in [0.2, 0.25) is 0 Å². The SMILES string of the molecule is COc1ccc(C[C@](O)(C[C@H](N)C(=O)O)C(=O)O)cc1. The highest BCUT2D eigenvalue weighted by atomic mass is 16.5. The van der Waals surface area contributed by atoms with Crippen LogP contribution in [-0.4, -0.2) is 46.0 Å². The number of carbonyl (C=O) groups is 2. The summed E-state index contributed by atoms with van der Waals surface area (Å²) in [5.74, 6) is -2.28. The van der Waals surface area contributed by atoms with Crippen LogP contribution in [0.25, 0.3) is 0 Å². The Hall–Kier alpha value is -2.12. The molecule has 0 aliphatic rings. The summed E-state index contributed by atoms with van der Waals surface area (Å²) in [5.41, 5.74) is 3.60. The maximum atomic E-state index is 11.2. The van der Waals surface area contributed by atoms with Crippen molar-refractivity contribution in [1.29, 1.82) is 0 Å². The molecule has 1 rings (SSSR count). The first-order valence-electron chi connectivity index (χ1n) is 5.85. The number of ether oxygens (including phenoxy) is 1. The summed E-state index contributed by atoms with van der Waals surface area (Å²) >= 11 is 0. The minimum Gasteiger partial charge on any atom is -0.497 e. The highest BCUT2D eigenvalue weighted by Gasteiger charge is 2.39. The van der Waals surface area contributed by atoms with Crippen molar-refractivity contribution in [3.05, 3.63) is 29.8 Å². The second-order valence-electron chi connectivity index (χ2n) is 4.51. The van der Waals surface area contributed by atoms with Gasteiger partial charge in [0.15, 0.2) is 5.60 Å². The molecule has 5 N–H and O–H groups in total. The number of carboxylic acid groups (broad SMARTS) is 2. The Balaban J connectivity index is 2.90. The van der Waals surface area contributed by atoms with Gasteiger partial charge in [0.25, 0.3) is 0 Å². The third-order valence-electron chi connectivity index (χ3n) is 2.93. The van der Waals surface area contributed by atoms with E-state index in [1.54, 1.807) is 24.3 Å². The van der Waals surface area contributed by atoms with E-state index < -0.39 is 30.0 Å². The van der Waals surface area contributed by atoms with Gasteiger partial charge in [-0.3, -0.25) is 4.79 Å². The van der Waals surface area contributed by atoms with Crippen molar-refractivity contribution >= 4 is 11.9 Å². The quantitative estimate of drug-likeness (QED) is 0.547. The normalized spacial score (nSPS) is 15.2. The third-order valence-corrected chi connectivity index (χ3v) is 2.93. The van der Waals surface area contributed by atoms with Crippen LogP contribution in [0.15, 0.2) is 24.3 Å². The van der Waals surface area contributed by atoms with E-state index in [0.29, 0.717) is 11.3 Å². The van der Waals surface area contributed by atoms with Gasteiger partial charge in [-0.15, -0.1) is 0 Å². The van der Waals surface area contributed by atoms with E-state index in [1.165, 1.54) is 7.11 Å². The van der Waals surface area contributed by atoms with E-state index >= 15 is 0 Å². The fourth-order valence-corrected chi connectivity index (χ4v) is 1.77. The fraction of sp³-hybridized carbons (Fsp3) is 0.385. The molecule has 0 aliphatic carbocycles. The smallest absolute Gasteiger partial charge is 0.336 e. The number of hydrogen-bond donors (Lipinski definition) is 4. The van der Waals surface area contributed by atoms with Gasteiger partial charge in [0, 0.05) is 12.8 Å². The molecule has 7 heteroatoms. The molecule has 0 aliphatic heterocycles. The molecular formula is C13H17NO6. The molecule has 0 spiro atoms. The minimum absolute atomic E-state index is 0.243. The van der Waals surface area contributed by atoms with E-state index in [2.05, 4.69) is 0 Å². The summed E-state index contributed by atoms with van der Waals surface area (Å²) < 4.78 is 4.97. The Labute approximate surface area is 115 Å². The number of aliphatic carboxylic acids is 2. The highest BCUT2D eigenvalue weighted by molar-refractivity contribution is 5.80. The maximum Gasteiger partial charge on any atom is 0.336 e. The molecule has 1 aromatic carbocycles. The first-order valence-corrected chi connectivity index (χ1v) is 5.85. The fourth-order valence-electron chi connectivity index (χ4n) is 1.77. The third kappa shape index (κ3) is 3.94. The van der Waals surface area contributed by atoms with Crippen LogP contribution in [0, 0.1) is 0 Å². The first kappa shape index (κ1) is 15.9. The average molecular weight is 283 g/mol. The lowest BCUT2D eigenvalue weighted by Crippen LogP contribution is -2.48. The predicted molar refractivity (Wildman–Crippen MR) is 69.5 cm³/mol. The summed E-state index contributed by atoms with van der Waals surface area (Å²) in [6.07, 6.45) is -0.822. The first-order chi connectivity index (χ1) is 9.28. The van der Waals surface area contributed by atoms with Gasteiger partial charge >= 0.3 is 11.9 Å².